The molecule has 3 unspecified atom stereocenters. The highest BCUT2D eigenvalue weighted by molar-refractivity contribution is 5.97. The van der Waals surface area contributed by atoms with Crippen LogP contribution in [0.5, 0.6) is 0 Å². The molecule has 9 nitrogen and oxygen atoms in total. The van der Waals surface area contributed by atoms with E-state index in [1.165, 1.54) is 12.1 Å². The van der Waals surface area contributed by atoms with Crippen LogP contribution in [-0.2, 0) is 6.18 Å². The molecule has 0 bridgehead atoms. The summed E-state index contributed by atoms with van der Waals surface area (Å²) in [5, 5.41) is 5.16. The molecule has 13 heteroatoms. The number of hydrogen-bond acceptors (Lipinski definition) is 6. The van der Waals surface area contributed by atoms with Crippen molar-refractivity contribution in [1.29, 1.82) is 0 Å². The first-order valence-corrected chi connectivity index (χ1v) is 14.9. The minimum Gasteiger partial charge on any atom is -0.417 e. The smallest absolute Gasteiger partial charge is 0.417 e. The van der Waals surface area contributed by atoms with Gasteiger partial charge in [0, 0.05) is 37.6 Å². The van der Waals surface area contributed by atoms with Crippen LogP contribution in [0.15, 0.2) is 57.6 Å². The van der Waals surface area contributed by atoms with Gasteiger partial charge in [-0.25, -0.2) is 9.18 Å². The zero-order chi connectivity index (χ0) is 31.4. The molecule has 3 atom stereocenters. The lowest BCUT2D eigenvalue weighted by Crippen LogP contribution is -2.34. The van der Waals surface area contributed by atoms with Gasteiger partial charge in [0.05, 0.1) is 11.7 Å². The fourth-order valence-corrected chi connectivity index (χ4v) is 5.65. The summed E-state index contributed by atoms with van der Waals surface area (Å²) in [6, 6.07) is 5.17. The summed E-state index contributed by atoms with van der Waals surface area (Å²) in [7, 11) is 0. The number of nitrogens with one attached hydrogen (secondary N) is 2. The molecule has 1 aromatic heterocycles. The van der Waals surface area contributed by atoms with E-state index in [1.54, 1.807) is 40.2 Å². The van der Waals surface area contributed by atoms with Gasteiger partial charge in [0.1, 0.15) is 5.82 Å². The number of alkyl halides is 3. The molecule has 5 rings (SSSR count). The van der Waals surface area contributed by atoms with E-state index >= 15 is 0 Å². The number of urea groups is 1. The third kappa shape index (κ3) is 7.67. The zero-order valence-corrected chi connectivity index (χ0v) is 24.7. The van der Waals surface area contributed by atoms with Crippen LogP contribution >= 0.6 is 0 Å². The van der Waals surface area contributed by atoms with Crippen LogP contribution in [0.25, 0.3) is 0 Å². The Morgan fingerprint density at radius 2 is 1.84 bits per heavy atom. The van der Waals surface area contributed by atoms with Crippen LogP contribution in [0.3, 0.4) is 0 Å². The number of halogens is 4. The largest absolute Gasteiger partial charge is 0.437 e. The molecule has 2 saturated heterocycles. The molecule has 3 aliphatic rings. The zero-order valence-electron chi connectivity index (χ0n) is 24.7. The fourth-order valence-electron chi connectivity index (χ4n) is 5.65. The second-order valence-electron chi connectivity index (χ2n) is 11.7. The molecular formula is C31H36F4N6O3. The lowest BCUT2D eigenvalue weighted by atomic mass is 9.98. The van der Waals surface area contributed by atoms with Gasteiger partial charge in [0.25, 0.3) is 11.9 Å². The Bertz CT molecular complexity index is 1470. The molecule has 2 aliphatic heterocycles. The average molecular weight is 617 g/mol. The molecule has 3 amide bonds. The molecule has 1 aromatic carbocycles. The first-order valence-electron chi connectivity index (χ1n) is 14.9. The predicted molar refractivity (Wildman–Crippen MR) is 158 cm³/mol. The molecule has 0 radical (unpaired) electrons. The molecule has 2 aromatic rings. The summed E-state index contributed by atoms with van der Waals surface area (Å²) < 4.78 is 61.0. The summed E-state index contributed by atoms with van der Waals surface area (Å²) in [5.74, 6) is -2.15. The normalized spacial score (nSPS) is 23.7. The Balaban J connectivity index is 1.26. The van der Waals surface area contributed by atoms with Gasteiger partial charge in [-0.2, -0.15) is 18.2 Å². The summed E-state index contributed by atoms with van der Waals surface area (Å²) in [4.78, 5) is 37.5. The van der Waals surface area contributed by atoms with Crippen LogP contribution in [-0.4, -0.2) is 59.8 Å². The first kappa shape index (κ1) is 31.3. The van der Waals surface area contributed by atoms with Crippen molar-refractivity contribution in [2.24, 2.45) is 16.8 Å². The van der Waals surface area contributed by atoms with Crippen LogP contribution in [0.1, 0.15) is 62.2 Å². The number of carbonyl (C=O) groups is 2. The van der Waals surface area contributed by atoms with Gasteiger partial charge in [-0.3, -0.25) is 9.79 Å². The van der Waals surface area contributed by atoms with E-state index in [0.29, 0.717) is 51.1 Å². The Morgan fingerprint density at radius 1 is 1.05 bits per heavy atom. The quantitative estimate of drug-likeness (QED) is 0.378. The molecule has 2 fully saturated rings. The number of allylic oxidation sites excluding steroid dienone is 3. The summed E-state index contributed by atoms with van der Waals surface area (Å²) >= 11 is 0. The van der Waals surface area contributed by atoms with E-state index < -0.39 is 35.4 Å². The number of anilines is 2. The van der Waals surface area contributed by atoms with Crippen molar-refractivity contribution in [2.45, 2.75) is 58.2 Å². The number of benzene rings is 1. The van der Waals surface area contributed by atoms with Crippen molar-refractivity contribution in [3.8, 4) is 0 Å². The highest BCUT2D eigenvalue weighted by Gasteiger charge is 2.42. The van der Waals surface area contributed by atoms with E-state index in [-0.39, 0.29) is 29.6 Å². The lowest BCUT2D eigenvalue weighted by Gasteiger charge is -2.29. The van der Waals surface area contributed by atoms with Crippen molar-refractivity contribution in [3.05, 3.63) is 65.5 Å². The molecule has 0 spiro atoms. The number of para-hydroxylation sites is 1. The molecule has 236 valence electrons. The molecule has 3 heterocycles. The molecule has 1 aliphatic carbocycles. The van der Waals surface area contributed by atoms with Crippen molar-refractivity contribution in [3.63, 3.8) is 0 Å². The summed E-state index contributed by atoms with van der Waals surface area (Å²) in [5.41, 5.74) is -0.172. The van der Waals surface area contributed by atoms with Crippen molar-refractivity contribution in [1.82, 2.24) is 15.2 Å². The summed E-state index contributed by atoms with van der Waals surface area (Å²) in [6.07, 6.45) is 3.98. The maximum atomic E-state index is 13.9. The van der Waals surface area contributed by atoms with Crippen molar-refractivity contribution in [2.75, 3.05) is 36.4 Å². The van der Waals surface area contributed by atoms with Crippen LogP contribution in [0.4, 0.5) is 34.1 Å². The van der Waals surface area contributed by atoms with E-state index in [2.05, 4.69) is 15.6 Å². The lowest BCUT2D eigenvalue weighted by molar-refractivity contribution is -0.141. The number of likely N-dealkylation sites (tertiary alicyclic amines) is 1. The standard InChI is InChI=1S/C31H36F4N6O3/c1-19-9-10-21(36-23-13-15-40(18-23)29(43)38-25-8-4-3-7-24(25)32)11-12-22(16-19)37-28(42)26-27(31(33,34)35)39-30(44-26)41-14-5-6-20(2)17-41/h3-4,7-8,11-12,16,19-20,23H,5-6,9-10,13-15,17-18H2,1-2H3,(H,37,42)(H,38,43). The second kappa shape index (κ2) is 13.2. The Hall–Kier alpha value is -4.16. The van der Waals surface area contributed by atoms with Gasteiger partial charge in [-0.05, 0) is 68.2 Å². The number of oxazole rings is 1. The summed E-state index contributed by atoms with van der Waals surface area (Å²) in [6.45, 7) is 5.77. The monoisotopic (exact) mass is 616 g/mol. The Labute approximate surface area is 253 Å². The minimum absolute atomic E-state index is 0.00529. The number of carbonyl (C=O) groups excluding carboxylic acids is 2. The highest BCUT2D eigenvalue weighted by Crippen LogP contribution is 2.35. The maximum absolute atomic E-state index is 13.9. The van der Waals surface area contributed by atoms with Crippen molar-refractivity contribution < 1.29 is 31.6 Å². The molecular weight excluding hydrogens is 580 g/mol. The van der Waals surface area contributed by atoms with E-state index in [9.17, 15) is 27.2 Å². The van der Waals surface area contributed by atoms with Gasteiger partial charge < -0.3 is 24.9 Å². The predicted octanol–water partition coefficient (Wildman–Crippen LogP) is 6.42. The fraction of sp³-hybridized carbons (Fsp3) is 0.484. The van der Waals surface area contributed by atoms with E-state index in [4.69, 9.17) is 9.41 Å². The molecule has 2 N–H and O–H groups in total. The van der Waals surface area contributed by atoms with Crippen LogP contribution in [0.2, 0.25) is 0 Å². The van der Waals surface area contributed by atoms with E-state index in [0.717, 1.165) is 18.6 Å². The molecule has 0 saturated carbocycles. The van der Waals surface area contributed by atoms with Crippen molar-refractivity contribution >= 4 is 29.4 Å². The molecule has 44 heavy (non-hydrogen) atoms. The third-order valence-corrected chi connectivity index (χ3v) is 7.97. The van der Waals surface area contributed by atoms with Gasteiger partial charge in [0.2, 0.25) is 5.76 Å². The number of nitrogens with zero attached hydrogens (tertiary/aromatic N) is 4. The topological polar surface area (TPSA) is 103 Å². The highest BCUT2D eigenvalue weighted by atomic mass is 19.4. The number of aliphatic imine (C=N–C) groups is 1. The maximum Gasteiger partial charge on any atom is 0.437 e. The number of hydrogen-bond donors (Lipinski definition) is 2. The Kier molecular flexibility index (Phi) is 9.40. The van der Waals surface area contributed by atoms with Crippen LogP contribution < -0.4 is 15.5 Å². The van der Waals surface area contributed by atoms with Gasteiger partial charge in [-0.1, -0.05) is 32.1 Å². The number of rotatable bonds is 5. The van der Waals surface area contributed by atoms with Gasteiger partial charge in [0.15, 0.2) is 5.69 Å². The number of amides is 3. The van der Waals surface area contributed by atoms with E-state index in [1.807, 2.05) is 13.8 Å². The SMILES string of the molecule is CC1C=C(NC(=O)c2oc(N3CCCC(C)C3)nc2C(F)(F)F)C=CC(=NC2CCN(C(=O)Nc3ccccc3F)C2)CC1. The number of aromatic nitrogens is 1. The Morgan fingerprint density at radius 3 is 2.59 bits per heavy atom. The minimum atomic E-state index is -4.87. The van der Waals surface area contributed by atoms with Gasteiger partial charge >= 0.3 is 12.2 Å². The van der Waals surface area contributed by atoms with Crippen LogP contribution in [0, 0.1) is 17.7 Å². The number of piperidine rings is 1. The first-order chi connectivity index (χ1) is 21.0. The third-order valence-electron chi connectivity index (χ3n) is 7.97. The average Bonchev–Trinajstić information content (AvgIpc) is 3.63. The van der Waals surface area contributed by atoms with Gasteiger partial charge in [-0.15, -0.1) is 0 Å². The second-order valence-corrected chi connectivity index (χ2v) is 11.7.